The molecule has 0 aliphatic heterocycles. The van der Waals surface area contributed by atoms with Gasteiger partial charge in [-0.3, -0.25) is 4.72 Å². The fourth-order valence-electron chi connectivity index (χ4n) is 3.00. The monoisotopic (exact) mass is 456 g/mol. The maximum absolute atomic E-state index is 12.5. The number of hydrogen-bond acceptors (Lipinski definition) is 8. The quantitative estimate of drug-likeness (QED) is 0.420. The van der Waals surface area contributed by atoms with Crippen molar-refractivity contribution in [2.24, 2.45) is 0 Å². The predicted octanol–water partition coefficient (Wildman–Crippen LogP) is 4.56. The summed E-state index contributed by atoms with van der Waals surface area (Å²) in [6.07, 6.45) is 1.46. The second kappa shape index (κ2) is 8.40. The Kier molecular flexibility index (Phi) is 5.66. The summed E-state index contributed by atoms with van der Waals surface area (Å²) < 4.78 is 38.6. The number of hydrogen-bond donors (Lipinski definition) is 2. The summed E-state index contributed by atoms with van der Waals surface area (Å²) in [5.74, 6) is 1.74. The zero-order valence-corrected chi connectivity index (χ0v) is 18.7. The van der Waals surface area contributed by atoms with Crippen LogP contribution in [-0.2, 0) is 10.0 Å². The lowest BCUT2D eigenvalue weighted by Gasteiger charge is -2.12. The van der Waals surface area contributed by atoms with Gasteiger partial charge in [-0.15, -0.1) is 11.3 Å². The van der Waals surface area contributed by atoms with Crippen molar-refractivity contribution in [3.8, 4) is 11.5 Å². The van der Waals surface area contributed by atoms with Crippen LogP contribution in [0.25, 0.3) is 10.9 Å². The van der Waals surface area contributed by atoms with E-state index in [9.17, 15) is 8.42 Å². The summed E-state index contributed by atoms with van der Waals surface area (Å²) in [6.45, 7) is 1.87. The molecule has 0 amide bonds. The van der Waals surface area contributed by atoms with E-state index in [2.05, 4.69) is 20.0 Å². The molecular weight excluding hydrogens is 436 g/mol. The van der Waals surface area contributed by atoms with Crippen molar-refractivity contribution in [2.75, 3.05) is 24.3 Å². The van der Waals surface area contributed by atoms with Gasteiger partial charge >= 0.3 is 0 Å². The summed E-state index contributed by atoms with van der Waals surface area (Å²) in [7, 11) is -0.469. The Morgan fingerprint density at radius 1 is 0.903 bits per heavy atom. The SMILES string of the molecule is COc1cc2ncnc(Nc3ccc(NS(=O)(=O)c4ccc(C)s4)cc3)c2cc1OC. The van der Waals surface area contributed by atoms with Gasteiger partial charge in [-0.05, 0) is 49.4 Å². The zero-order chi connectivity index (χ0) is 22.0. The second-order valence-electron chi connectivity index (χ2n) is 6.62. The Bertz CT molecular complexity index is 1340. The number of anilines is 3. The maximum Gasteiger partial charge on any atom is 0.271 e. The highest BCUT2D eigenvalue weighted by molar-refractivity contribution is 7.94. The number of aromatic nitrogens is 2. The van der Waals surface area contributed by atoms with E-state index in [0.717, 1.165) is 16.0 Å². The predicted molar refractivity (Wildman–Crippen MR) is 122 cm³/mol. The van der Waals surface area contributed by atoms with E-state index in [1.54, 1.807) is 56.7 Å². The van der Waals surface area contributed by atoms with E-state index in [0.29, 0.717) is 28.5 Å². The first-order chi connectivity index (χ1) is 14.9. The number of aryl methyl sites for hydroxylation is 1. The van der Waals surface area contributed by atoms with Crippen LogP contribution in [0.4, 0.5) is 17.2 Å². The molecule has 0 atom stereocenters. The first-order valence-corrected chi connectivity index (χ1v) is 11.5. The number of nitrogens with one attached hydrogen (secondary N) is 2. The molecule has 0 fully saturated rings. The minimum atomic E-state index is -3.61. The molecule has 0 spiro atoms. The average Bonchev–Trinajstić information content (AvgIpc) is 3.21. The van der Waals surface area contributed by atoms with Crippen LogP contribution in [-0.4, -0.2) is 32.6 Å². The van der Waals surface area contributed by atoms with Crippen LogP contribution in [0.2, 0.25) is 0 Å². The van der Waals surface area contributed by atoms with Gasteiger partial charge in [0.05, 0.1) is 19.7 Å². The van der Waals surface area contributed by atoms with Crippen LogP contribution in [0.5, 0.6) is 11.5 Å². The first kappa shape index (κ1) is 20.9. The van der Waals surface area contributed by atoms with Gasteiger partial charge < -0.3 is 14.8 Å². The molecule has 2 N–H and O–H groups in total. The van der Waals surface area contributed by atoms with E-state index >= 15 is 0 Å². The van der Waals surface area contributed by atoms with Gasteiger partial charge in [0.2, 0.25) is 0 Å². The molecule has 2 aromatic heterocycles. The third-order valence-electron chi connectivity index (χ3n) is 4.52. The minimum Gasteiger partial charge on any atom is -0.493 e. The van der Waals surface area contributed by atoms with Gasteiger partial charge in [-0.1, -0.05) is 0 Å². The molecule has 8 nitrogen and oxygen atoms in total. The van der Waals surface area contributed by atoms with Crippen LogP contribution in [0.3, 0.4) is 0 Å². The van der Waals surface area contributed by atoms with Crippen molar-refractivity contribution >= 4 is 49.5 Å². The molecule has 4 rings (SSSR count). The zero-order valence-electron chi connectivity index (χ0n) is 17.0. The fraction of sp³-hybridized carbons (Fsp3) is 0.143. The smallest absolute Gasteiger partial charge is 0.271 e. The van der Waals surface area contributed by atoms with Gasteiger partial charge in [-0.25, -0.2) is 18.4 Å². The molecule has 10 heteroatoms. The largest absolute Gasteiger partial charge is 0.493 e. The van der Waals surface area contributed by atoms with Crippen molar-refractivity contribution < 1.29 is 17.9 Å². The van der Waals surface area contributed by atoms with Gasteiger partial charge in [0.15, 0.2) is 11.5 Å². The molecule has 31 heavy (non-hydrogen) atoms. The van der Waals surface area contributed by atoms with Gasteiger partial charge in [0.1, 0.15) is 16.4 Å². The van der Waals surface area contributed by atoms with Crippen LogP contribution in [0.1, 0.15) is 4.88 Å². The van der Waals surface area contributed by atoms with Crippen molar-refractivity contribution in [2.45, 2.75) is 11.1 Å². The molecular formula is C21H20N4O4S2. The lowest BCUT2D eigenvalue weighted by atomic mass is 10.2. The van der Waals surface area contributed by atoms with E-state index < -0.39 is 10.0 Å². The average molecular weight is 457 g/mol. The van der Waals surface area contributed by atoms with Crippen LogP contribution < -0.4 is 19.5 Å². The number of sulfonamides is 1. The van der Waals surface area contributed by atoms with E-state index in [1.807, 2.05) is 13.0 Å². The maximum atomic E-state index is 12.5. The van der Waals surface area contributed by atoms with Crippen molar-refractivity contribution in [1.29, 1.82) is 0 Å². The molecule has 2 aromatic carbocycles. The Morgan fingerprint density at radius 2 is 1.58 bits per heavy atom. The fourth-order valence-corrected chi connectivity index (χ4v) is 5.34. The lowest BCUT2D eigenvalue weighted by molar-refractivity contribution is 0.356. The van der Waals surface area contributed by atoms with Crippen molar-refractivity contribution in [3.05, 3.63) is 59.7 Å². The molecule has 2 heterocycles. The van der Waals surface area contributed by atoms with Gasteiger partial charge in [0, 0.05) is 27.7 Å². The van der Waals surface area contributed by atoms with Gasteiger partial charge in [0.25, 0.3) is 10.0 Å². The van der Waals surface area contributed by atoms with Crippen LogP contribution >= 0.6 is 11.3 Å². The molecule has 0 radical (unpaired) electrons. The lowest BCUT2D eigenvalue weighted by Crippen LogP contribution is -2.11. The Morgan fingerprint density at radius 3 is 2.23 bits per heavy atom. The summed E-state index contributed by atoms with van der Waals surface area (Å²) >= 11 is 1.23. The molecule has 0 saturated heterocycles. The Labute approximate surface area is 183 Å². The van der Waals surface area contributed by atoms with E-state index in [4.69, 9.17) is 9.47 Å². The van der Waals surface area contributed by atoms with Gasteiger partial charge in [-0.2, -0.15) is 0 Å². The molecule has 0 bridgehead atoms. The minimum absolute atomic E-state index is 0.282. The summed E-state index contributed by atoms with van der Waals surface area (Å²) in [5.41, 5.74) is 1.91. The van der Waals surface area contributed by atoms with Crippen LogP contribution in [0.15, 0.2) is 59.1 Å². The second-order valence-corrected chi connectivity index (χ2v) is 9.82. The number of methoxy groups -OCH3 is 2. The van der Waals surface area contributed by atoms with Crippen molar-refractivity contribution in [1.82, 2.24) is 9.97 Å². The summed E-state index contributed by atoms with van der Waals surface area (Å²) in [5, 5.41) is 4.00. The first-order valence-electron chi connectivity index (χ1n) is 9.22. The number of thiophene rings is 1. The molecule has 0 aliphatic carbocycles. The summed E-state index contributed by atoms with van der Waals surface area (Å²) in [4.78, 5) is 9.55. The highest BCUT2D eigenvalue weighted by atomic mass is 32.2. The Hall–Kier alpha value is -3.37. The van der Waals surface area contributed by atoms with Crippen molar-refractivity contribution in [3.63, 3.8) is 0 Å². The number of benzene rings is 2. The number of nitrogens with zero attached hydrogens (tertiary/aromatic N) is 2. The molecule has 4 aromatic rings. The highest BCUT2D eigenvalue weighted by Gasteiger charge is 2.16. The molecule has 0 unspecified atom stereocenters. The third-order valence-corrected chi connectivity index (χ3v) is 7.39. The van der Waals surface area contributed by atoms with E-state index in [-0.39, 0.29) is 4.21 Å². The number of ether oxygens (including phenoxy) is 2. The number of fused-ring (bicyclic) bond motifs is 1. The van der Waals surface area contributed by atoms with Crippen LogP contribution in [0, 0.1) is 6.92 Å². The molecule has 0 aliphatic rings. The highest BCUT2D eigenvalue weighted by Crippen LogP contribution is 2.34. The summed E-state index contributed by atoms with van der Waals surface area (Å²) in [6, 6.07) is 13.9. The third kappa shape index (κ3) is 4.39. The van der Waals surface area contributed by atoms with E-state index in [1.165, 1.54) is 17.7 Å². The standard InChI is InChI=1S/C21H20N4O4S2/c1-13-4-9-20(30-13)31(26,27)25-15-7-5-14(6-8-15)24-21-16-10-18(28-2)19(29-3)11-17(16)22-12-23-21/h4-12,25H,1-3H3,(H,22,23,24). The topological polar surface area (TPSA) is 102 Å². The molecule has 160 valence electrons. The Balaban J connectivity index is 1.57. The normalized spacial score (nSPS) is 11.3. The molecule has 0 saturated carbocycles. The number of rotatable bonds is 7.